The van der Waals surface area contributed by atoms with Crippen LogP contribution in [0.3, 0.4) is 0 Å². The highest BCUT2D eigenvalue weighted by molar-refractivity contribution is 9.10. The summed E-state index contributed by atoms with van der Waals surface area (Å²) in [6.07, 6.45) is 6.40. The molecule has 0 fully saturated rings. The lowest BCUT2D eigenvalue weighted by molar-refractivity contribution is 0.594. The molecule has 1 atom stereocenters. The molecule has 1 aromatic carbocycles. The SMILES string of the molecule is CCCNC(c1cncnc1)c1cc(C)cc(Br)c1. The van der Waals surface area contributed by atoms with Crippen LogP contribution in [0.25, 0.3) is 0 Å². The number of benzene rings is 1. The monoisotopic (exact) mass is 319 g/mol. The molecule has 0 bridgehead atoms. The molecule has 100 valence electrons. The number of nitrogens with zero attached hydrogens (tertiary/aromatic N) is 2. The molecule has 0 saturated carbocycles. The van der Waals surface area contributed by atoms with Gasteiger partial charge in [0.15, 0.2) is 0 Å². The molecule has 1 N–H and O–H groups in total. The van der Waals surface area contributed by atoms with Gasteiger partial charge in [-0.25, -0.2) is 9.97 Å². The Morgan fingerprint density at radius 3 is 2.53 bits per heavy atom. The number of aromatic nitrogens is 2. The lowest BCUT2D eigenvalue weighted by Crippen LogP contribution is -2.23. The van der Waals surface area contributed by atoms with Crippen LogP contribution >= 0.6 is 15.9 Å². The van der Waals surface area contributed by atoms with Crippen LogP contribution in [0.4, 0.5) is 0 Å². The molecule has 0 amide bonds. The second kappa shape index (κ2) is 6.78. The maximum Gasteiger partial charge on any atom is 0.115 e. The fraction of sp³-hybridized carbons (Fsp3) is 0.333. The highest BCUT2D eigenvalue weighted by atomic mass is 79.9. The molecule has 0 aliphatic carbocycles. The van der Waals surface area contributed by atoms with Crippen LogP contribution in [0.2, 0.25) is 0 Å². The Hall–Kier alpha value is -1.26. The van der Waals surface area contributed by atoms with E-state index in [0.717, 1.165) is 23.0 Å². The van der Waals surface area contributed by atoms with Crippen LogP contribution in [0.1, 0.15) is 36.1 Å². The molecular weight excluding hydrogens is 302 g/mol. The summed E-state index contributed by atoms with van der Waals surface area (Å²) in [5.74, 6) is 0. The molecule has 1 unspecified atom stereocenters. The van der Waals surface area contributed by atoms with Gasteiger partial charge in [0, 0.05) is 22.4 Å². The minimum absolute atomic E-state index is 0.136. The van der Waals surface area contributed by atoms with E-state index >= 15 is 0 Å². The number of halogens is 1. The van der Waals surface area contributed by atoms with Crippen LogP contribution in [-0.2, 0) is 0 Å². The van der Waals surface area contributed by atoms with Crippen LogP contribution in [0, 0.1) is 6.92 Å². The first-order valence-electron chi connectivity index (χ1n) is 6.46. The normalized spacial score (nSPS) is 12.4. The van der Waals surface area contributed by atoms with Gasteiger partial charge in [-0.05, 0) is 43.1 Å². The van der Waals surface area contributed by atoms with E-state index in [1.165, 1.54) is 11.1 Å². The zero-order valence-corrected chi connectivity index (χ0v) is 12.8. The van der Waals surface area contributed by atoms with Crippen molar-refractivity contribution in [2.75, 3.05) is 6.54 Å². The van der Waals surface area contributed by atoms with Crippen LogP contribution in [0.15, 0.2) is 41.4 Å². The molecule has 0 radical (unpaired) electrons. The second-order valence-corrected chi connectivity index (χ2v) is 5.54. The van der Waals surface area contributed by atoms with E-state index in [-0.39, 0.29) is 6.04 Å². The summed E-state index contributed by atoms with van der Waals surface area (Å²) in [5.41, 5.74) is 3.56. The number of rotatable bonds is 5. The summed E-state index contributed by atoms with van der Waals surface area (Å²) in [5, 5.41) is 3.56. The van der Waals surface area contributed by atoms with Crippen molar-refractivity contribution in [1.29, 1.82) is 0 Å². The molecule has 4 heteroatoms. The summed E-state index contributed by atoms with van der Waals surface area (Å²) in [6.45, 7) is 5.23. The van der Waals surface area contributed by atoms with Gasteiger partial charge < -0.3 is 5.32 Å². The predicted molar refractivity (Wildman–Crippen MR) is 81.0 cm³/mol. The van der Waals surface area contributed by atoms with Crippen molar-refractivity contribution in [3.63, 3.8) is 0 Å². The Kier molecular flexibility index (Phi) is 5.05. The van der Waals surface area contributed by atoms with Gasteiger partial charge in [0.1, 0.15) is 6.33 Å². The third kappa shape index (κ3) is 3.85. The standard InChI is InChI=1S/C15H18BrN3/c1-3-4-19-15(13-8-17-10-18-9-13)12-5-11(2)6-14(16)7-12/h5-10,15,19H,3-4H2,1-2H3. The van der Waals surface area contributed by atoms with Gasteiger partial charge in [0.05, 0.1) is 6.04 Å². The molecule has 0 saturated heterocycles. The second-order valence-electron chi connectivity index (χ2n) is 4.62. The zero-order chi connectivity index (χ0) is 13.7. The Morgan fingerprint density at radius 1 is 1.16 bits per heavy atom. The van der Waals surface area contributed by atoms with E-state index in [1.807, 2.05) is 12.4 Å². The van der Waals surface area contributed by atoms with Crippen LogP contribution in [-0.4, -0.2) is 16.5 Å². The van der Waals surface area contributed by atoms with Gasteiger partial charge in [-0.1, -0.05) is 28.9 Å². The van der Waals surface area contributed by atoms with Crippen molar-refractivity contribution in [3.8, 4) is 0 Å². The Morgan fingerprint density at radius 2 is 1.89 bits per heavy atom. The first-order valence-corrected chi connectivity index (χ1v) is 7.25. The topological polar surface area (TPSA) is 37.8 Å². The molecule has 2 aromatic rings. The zero-order valence-electron chi connectivity index (χ0n) is 11.2. The molecule has 1 heterocycles. The Labute approximate surface area is 122 Å². The van der Waals surface area contributed by atoms with E-state index in [9.17, 15) is 0 Å². The van der Waals surface area contributed by atoms with Crippen molar-refractivity contribution in [2.45, 2.75) is 26.3 Å². The van der Waals surface area contributed by atoms with Gasteiger partial charge in [0.2, 0.25) is 0 Å². The third-order valence-corrected chi connectivity index (χ3v) is 3.37. The molecule has 0 spiro atoms. The number of nitrogens with one attached hydrogen (secondary N) is 1. The fourth-order valence-corrected chi connectivity index (χ4v) is 2.73. The number of aryl methyl sites for hydroxylation is 1. The predicted octanol–water partition coefficient (Wildman–Crippen LogP) is 3.64. The lowest BCUT2D eigenvalue weighted by Gasteiger charge is -2.19. The average Bonchev–Trinajstić information content (AvgIpc) is 2.39. The summed E-state index contributed by atoms with van der Waals surface area (Å²) in [7, 11) is 0. The Balaban J connectivity index is 2.36. The van der Waals surface area contributed by atoms with Crippen LogP contribution in [0.5, 0.6) is 0 Å². The average molecular weight is 320 g/mol. The van der Waals surface area contributed by atoms with Crippen LogP contribution < -0.4 is 5.32 Å². The van der Waals surface area contributed by atoms with E-state index < -0.39 is 0 Å². The highest BCUT2D eigenvalue weighted by Crippen LogP contribution is 2.25. The van der Waals surface area contributed by atoms with Gasteiger partial charge in [-0.15, -0.1) is 0 Å². The molecule has 2 rings (SSSR count). The van der Waals surface area contributed by atoms with Crippen molar-refractivity contribution in [3.05, 3.63) is 58.1 Å². The van der Waals surface area contributed by atoms with Gasteiger partial charge in [-0.2, -0.15) is 0 Å². The number of hydrogen-bond donors (Lipinski definition) is 1. The molecular formula is C15H18BrN3. The van der Waals surface area contributed by atoms with Crippen molar-refractivity contribution >= 4 is 15.9 Å². The van der Waals surface area contributed by atoms with Gasteiger partial charge in [-0.3, -0.25) is 0 Å². The van der Waals surface area contributed by atoms with Gasteiger partial charge >= 0.3 is 0 Å². The smallest absolute Gasteiger partial charge is 0.115 e. The minimum atomic E-state index is 0.136. The van der Waals surface area contributed by atoms with E-state index in [4.69, 9.17) is 0 Å². The van der Waals surface area contributed by atoms with Crippen molar-refractivity contribution in [2.24, 2.45) is 0 Å². The van der Waals surface area contributed by atoms with E-state index in [2.05, 4.69) is 63.3 Å². The number of hydrogen-bond acceptors (Lipinski definition) is 3. The quantitative estimate of drug-likeness (QED) is 0.914. The summed E-state index contributed by atoms with van der Waals surface area (Å²) in [6, 6.07) is 6.60. The Bertz CT molecular complexity index is 508. The minimum Gasteiger partial charge on any atom is -0.306 e. The van der Waals surface area contributed by atoms with Gasteiger partial charge in [0.25, 0.3) is 0 Å². The third-order valence-electron chi connectivity index (χ3n) is 2.91. The maximum atomic E-state index is 4.12. The first kappa shape index (κ1) is 14.2. The summed E-state index contributed by atoms with van der Waals surface area (Å²) in [4.78, 5) is 8.24. The largest absolute Gasteiger partial charge is 0.306 e. The molecule has 3 nitrogen and oxygen atoms in total. The molecule has 19 heavy (non-hydrogen) atoms. The first-order chi connectivity index (χ1) is 9.20. The molecule has 0 aliphatic heterocycles. The molecule has 0 aliphatic rings. The summed E-state index contributed by atoms with van der Waals surface area (Å²) >= 11 is 3.56. The fourth-order valence-electron chi connectivity index (χ4n) is 2.11. The highest BCUT2D eigenvalue weighted by Gasteiger charge is 2.14. The lowest BCUT2D eigenvalue weighted by atomic mass is 9.99. The van der Waals surface area contributed by atoms with Crippen molar-refractivity contribution < 1.29 is 0 Å². The molecule has 1 aromatic heterocycles. The summed E-state index contributed by atoms with van der Waals surface area (Å²) < 4.78 is 1.10. The van der Waals surface area contributed by atoms with E-state index in [0.29, 0.717) is 0 Å². The van der Waals surface area contributed by atoms with Crippen molar-refractivity contribution in [1.82, 2.24) is 15.3 Å². The maximum absolute atomic E-state index is 4.12. The van der Waals surface area contributed by atoms with E-state index in [1.54, 1.807) is 6.33 Å².